The van der Waals surface area contributed by atoms with Gasteiger partial charge < -0.3 is 5.32 Å². The molecule has 1 aromatic rings. The van der Waals surface area contributed by atoms with Crippen LogP contribution in [0.1, 0.15) is 38.7 Å². The average molecular weight is 443 g/mol. The van der Waals surface area contributed by atoms with Crippen molar-refractivity contribution in [2.45, 2.75) is 61.8 Å². The lowest BCUT2D eigenvalue weighted by molar-refractivity contribution is -0.121. The van der Waals surface area contributed by atoms with Crippen LogP contribution in [0.3, 0.4) is 0 Å². The standard InChI is InChI=1S/C20H30N2O5S2/c1-15(2)29(26,27)19-5-3-16(4-6-19)13-20(23)21-17-7-10-22(11-8-17)18-9-12-28(24,25)14-18/h3-6,15,17-18H,7-14H2,1-2H3,(H,21,23)/t18-/m1/s1. The third-order valence-corrected chi connectivity index (χ3v) is 9.78. The minimum absolute atomic E-state index is 0.0774. The van der Waals surface area contributed by atoms with Crippen molar-refractivity contribution in [1.82, 2.24) is 10.2 Å². The molecule has 2 heterocycles. The molecular formula is C20H30N2O5S2. The van der Waals surface area contributed by atoms with Gasteiger partial charge in [0, 0.05) is 25.2 Å². The van der Waals surface area contributed by atoms with Gasteiger partial charge in [-0.1, -0.05) is 12.1 Å². The average Bonchev–Trinajstić information content (AvgIpc) is 3.02. The third-order valence-electron chi connectivity index (χ3n) is 5.86. The van der Waals surface area contributed by atoms with Crippen LogP contribution in [0.15, 0.2) is 29.2 Å². The first kappa shape index (κ1) is 22.2. The number of carbonyl (C=O) groups excluding carboxylic acids is 1. The van der Waals surface area contributed by atoms with E-state index >= 15 is 0 Å². The van der Waals surface area contributed by atoms with Gasteiger partial charge in [0.15, 0.2) is 19.7 Å². The first-order valence-electron chi connectivity index (χ1n) is 10.1. The molecule has 3 rings (SSSR count). The number of hydrogen-bond donors (Lipinski definition) is 1. The van der Waals surface area contributed by atoms with Crippen molar-refractivity contribution in [3.8, 4) is 0 Å². The second-order valence-electron chi connectivity index (χ2n) is 8.35. The lowest BCUT2D eigenvalue weighted by Gasteiger charge is -2.35. The van der Waals surface area contributed by atoms with E-state index in [1.165, 1.54) is 0 Å². The summed E-state index contributed by atoms with van der Waals surface area (Å²) in [6, 6.07) is 6.73. The number of amides is 1. The summed E-state index contributed by atoms with van der Waals surface area (Å²) in [6.45, 7) is 4.89. The van der Waals surface area contributed by atoms with Gasteiger partial charge in [-0.15, -0.1) is 0 Å². The summed E-state index contributed by atoms with van der Waals surface area (Å²) in [5, 5.41) is 2.58. The molecule has 1 amide bonds. The van der Waals surface area contributed by atoms with E-state index in [0.717, 1.165) is 31.5 Å². The van der Waals surface area contributed by atoms with Crippen LogP contribution in [0.25, 0.3) is 0 Å². The predicted molar refractivity (Wildman–Crippen MR) is 112 cm³/mol. The van der Waals surface area contributed by atoms with Crippen molar-refractivity contribution in [2.75, 3.05) is 24.6 Å². The van der Waals surface area contributed by atoms with Gasteiger partial charge in [-0.3, -0.25) is 9.69 Å². The van der Waals surface area contributed by atoms with E-state index in [1.54, 1.807) is 38.1 Å². The molecule has 2 aliphatic heterocycles. The number of carbonyl (C=O) groups is 1. The maximum absolute atomic E-state index is 12.4. The highest BCUT2D eigenvalue weighted by molar-refractivity contribution is 7.92. The van der Waals surface area contributed by atoms with Crippen LogP contribution in [0.4, 0.5) is 0 Å². The van der Waals surface area contributed by atoms with Crippen molar-refractivity contribution in [3.05, 3.63) is 29.8 Å². The molecule has 0 aliphatic carbocycles. The molecule has 29 heavy (non-hydrogen) atoms. The predicted octanol–water partition coefficient (Wildman–Crippen LogP) is 1.18. The summed E-state index contributed by atoms with van der Waals surface area (Å²) in [7, 11) is -6.19. The van der Waals surface area contributed by atoms with Gasteiger partial charge in [0.05, 0.1) is 28.1 Å². The van der Waals surface area contributed by atoms with Crippen LogP contribution in [0, 0.1) is 0 Å². The normalized spacial score (nSPS) is 23.3. The molecule has 2 fully saturated rings. The summed E-state index contributed by atoms with van der Waals surface area (Å²) in [5.41, 5.74) is 0.777. The number of hydrogen-bond acceptors (Lipinski definition) is 6. The summed E-state index contributed by atoms with van der Waals surface area (Å²) >= 11 is 0. The third kappa shape index (κ3) is 5.58. The van der Waals surface area contributed by atoms with E-state index in [4.69, 9.17) is 0 Å². The van der Waals surface area contributed by atoms with Gasteiger partial charge in [-0.05, 0) is 50.8 Å². The van der Waals surface area contributed by atoms with Crippen molar-refractivity contribution < 1.29 is 21.6 Å². The Morgan fingerprint density at radius 2 is 1.76 bits per heavy atom. The summed E-state index contributed by atoms with van der Waals surface area (Å²) in [5.74, 6) is 0.462. The highest BCUT2D eigenvalue weighted by Crippen LogP contribution is 2.22. The second-order valence-corrected chi connectivity index (χ2v) is 13.1. The van der Waals surface area contributed by atoms with E-state index in [2.05, 4.69) is 10.2 Å². The maximum atomic E-state index is 12.4. The van der Waals surface area contributed by atoms with Crippen molar-refractivity contribution in [3.63, 3.8) is 0 Å². The molecule has 1 aromatic carbocycles. The molecule has 2 saturated heterocycles. The number of sulfone groups is 2. The van der Waals surface area contributed by atoms with Gasteiger partial charge >= 0.3 is 0 Å². The molecular weight excluding hydrogens is 412 g/mol. The summed E-state index contributed by atoms with van der Waals surface area (Å²) in [4.78, 5) is 14.9. The largest absolute Gasteiger partial charge is 0.353 e. The smallest absolute Gasteiger partial charge is 0.224 e. The van der Waals surface area contributed by atoms with E-state index in [9.17, 15) is 21.6 Å². The number of rotatable bonds is 6. The number of nitrogens with one attached hydrogen (secondary N) is 1. The Hall–Kier alpha value is -1.45. The fourth-order valence-electron chi connectivity index (χ4n) is 4.01. The molecule has 162 valence electrons. The quantitative estimate of drug-likeness (QED) is 0.710. The van der Waals surface area contributed by atoms with Crippen LogP contribution < -0.4 is 5.32 Å². The Morgan fingerprint density at radius 3 is 2.28 bits per heavy atom. The Labute approximate surface area is 173 Å². The molecule has 1 N–H and O–H groups in total. The molecule has 0 saturated carbocycles. The van der Waals surface area contributed by atoms with Crippen molar-refractivity contribution >= 4 is 25.6 Å². The Kier molecular flexibility index (Phi) is 6.70. The minimum atomic E-state index is -3.31. The number of nitrogens with zero attached hydrogens (tertiary/aromatic N) is 1. The van der Waals surface area contributed by atoms with E-state index in [1.807, 2.05) is 0 Å². The zero-order valence-corrected chi connectivity index (χ0v) is 18.6. The van der Waals surface area contributed by atoms with E-state index < -0.39 is 24.9 Å². The molecule has 0 aromatic heterocycles. The highest BCUT2D eigenvalue weighted by atomic mass is 32.2. The SMILES string of the molecule is CC(C)S(=O)(=O)c1ccc(CC(=O)NC2CCN([C@@H]3CCS(=O)(=O)C3)CC2)cc1. The number of likely N-dealkylation sites (tertiary alicyclic amines) is 1. The van der Waals surface area contributed by atoms with Gasteiger partial charge in [-0.25, -0.2) is 16.8 Å². The van der Waals surface area contributed by atoms with Crippen molar-refractivity contribution in [2.24, 2.45) is 0 Å². The fraction of sp³-hybridized carbons (Fsp3) is 0.650. The molecule has 2 aliphatic rings. The molecule has 0 spiro atoms. The van der Waals surface area contributed by atoms with Gasteiger partial charge in [0.25, 0.3) is 0 Å². The highest BCUT2D eigenvalue weighted by Gasteiger charge is 2.34. The first-order valence-corrected chi connectivity index (χ1v) is 13.5. The van der Waals surface area contributed by atoms with Crippen LogP contribution >= 0.6 is 0 Å². The summed E-state index contributed by atoms with van der Waals surface area (Å²) in [6.07, 6.45) is 2.55. The monoisotopic (exact) mass is 442 g/mol. The van der Waals surface area contributed by atoms with Crippen molar-refractivity contribution in [1.29, 1.82) is 0 Å². The Morgan fingerprint density at radius 1 is 1.14 bits per heavy atom. The van der Waals surface area contributed by atoms with E-state index in [-0.39, 0.29) is 40.8 Å². The number of piperidine rings is 1. The molecule has 0 radical (unpaired) electrons. The molecule has 0 bridgehead atoms. The van der Waals surface area contributed by atoms with Crippen LogP contribution in [-0.4, -0.2) is 69.6 Å². The van der Waals surface area contributed by atoms with Crippen LogP contribution in [-0.2, 0) is 30.9 Å². The molecule has 9 heteroatoms. The van der Waals surface area contributed by atoms with Gasteiger partial charge in [-0.2, -0.15) is 0 Å². The van der Waals surface area contributed by atoms with Crippen LogP contribution in [0.5, 0.6) is 0 Å². The lowest BCUT2D eigenvalue weighted by atomic mass is 10.0. The zero-order chi connectivity index (χ0) is 21.2. The minimum Gasteiger partial charge on any atom is -0.353 e. The van der Waals surface area contributed by atoms with Gasteiger partial charge in [0.2, 0.25) is 5.91 Å². The topological polar surface area (TPSA) is 101 Å². The lowest BCUT2D eigenvalue weighted by Crippen LogP contribution is -2.48. The Bertz CT molecular complexity index is 932. The molecule has 0 unspecified atom stereocenters. The van der Waals surface area contributed by atoms with Gasteiger partial charge in [0.1, 0.15) is 0 Å². The fourth-order valence-corrected chi connectivity index (χ4v) is 6.83. The van der Waals surface area contributed by atoms with E-state index in [0.29, 0.717) is 6.42 Å². The summed E-state index contributed by atoms with van der Waals surface area (Å²) < 4.78 is 47.7. The first-order chi connectivity index (χ1) is 13.6. The van der Waals surface area contributed by atoms with Crippen LogP contribution in [0.2, 0.25) is 0 Å². The second kappa shape index (κ2) is 8.73. The Balaban J connectivity index is 1.47. The number of benzene rings is 1. The molecule has 7 nitrogen and oxygen atoms in total. The maximum Gasteiger partial charge on any atom is 0.224 e. The zero-order valence-electron chi connectivity index (χ0n) is 17.0. The molecule has 1 atom stereocenters.